The zero-order chi connectivity index (χ0) is 27.8. The Morgan fingerprint density at radius 2 is 1.77 bits per heavy atom. The maximum absolute atomic E-state index is 13.1. The van der Waals surface area contributed by atoms with E-state index in [1.54, 1.807) is 31.4 Å². The number of rotatable bonds is 10. The third kappa shape index (κ3) is 8.23. The lowest BCUT2D eigenvalue weighted by atomic mass is 10.1. The number of nitrogens with zero attached hydrogens (tertiary/aromatic N) is 4. The number of methoxy groups -OCH3 is 1. The van der Waals surface area contributed by atoms with E-state index in [4.69, 9.17) is 16.3 Å². The molecule has 1 fully saturated rings. The number of thioether (sulfide) groups is 1. The van der Waals surface area contributed by atoms with Gasteiger partial charge in [-0.25, -0.2) is 9.97 Å². The van der Waals surface area contributed by atoms with Crippen molar-refractivity contribution in [2.75, 3.05) is 56.2 Å². The largest absolute Gasteiger partial charge is 0.416 e. The highest BCUT2D eigenvalue weighted by molar-refractivity contribution is 7.98. The highest BCUT2D eigenvalue weighted by Crippen LogP contribution is 2.32. The Hall–Kier alpha value is -3.02. The summed E-state index contributed by atoms with van der Waals surface area (Å²) in [5.41, 5.74) is 1.50. The molecule has 1 aromatic heterocycles. The van der Waals surface area contributed by atoms with E-state index in [1.165, 1.54) is 23.9 Å². The van der Waals surface area contributed by atoms with Crippen LogP contribution in [0.5, 0.6) is 0 Å². The summed E-state index contributed by atoms with van der Waals surface area (Å²) < 4.78 is 44.3. The number of carbonyl (C=O) groups excluding carboxylic acids is 1. The molecule has 2 aromatic carbocycles. The van der Waals surface area contributed by atoms with Crippen molar-refractivity contribution in [1.29, 1.82) is 0 Å². The Morgan fingerprint density at radius 3 is 2.46 bits per heavy atom. The molecule has 0 unspecified atom stereocenters. The van der Waals surface area contributed by atoms with E-state index in [-0.39, 0.29) is 5.91 Å². The van der Waals surface area contributed by atoms with Crippen molar-refractivity contribution >= 4 is 40.8 Å². The lowest BCUT2D eigenvalue weighted by Crippen LogP contribution is -2.47. The number of nitrogens with one attached hydrogen (secondary N) is 1. The molecule has 1 aliphatic heterocycles. The average Bonchev–Trinajstić information content (AvgIpc) is 2.94. The normalized spacial score (nSPS) is 14.0. The predicted octanol–water partition coefficient (Wildman–Crippen LogP) is 5.53. The van der Waals surface area contributed by atoms with Gasteiger partial charge in [-0.1, -0.05) is 41.6 Å². The Morgan fingerprint density at radius 1 is 1.05 bits per heavy atom. The standard InChI is InChI=1S/C27H29ClF3N5O2S/c1-38-15-3-10-32-25(37)20-8-6-19(7-9-20)18-39-26-33-23(28)17-24(34-26)36-13-11-35(12-14-36)22-5-2-4-21(16-22)27(29,30)31/h2,4-9,16-17H,3,10-15,18H2,1H3,(H,32,37). The van der Waals surface area contributed by atoms with Gasteiger partial charge in [0.05, 0.1) is 5.56 Å². The van der Waals surface area contributed by atoms with Gasteiger partial charge in [-0.3, -0.25) is 4.79 Å². The fraction of sp³-hybridized carbons (Fsp3) is 0.370. The molecule has 208 valence electrons. The van der Waals surface area contributed by atoms with Crippen LogP contribution in [0.3, 0.4) is 0 Å². The molecule has 39 heavy (non-hydrogen) atoms. The summed E-state index contributed by atoms with van der Waals surface area (Å²) in [5.74, 6) is 1.15. The van der Waals surface area contributed by atoms with Crippen molar-refractivity contribution in [3.8, 4) is 0 Å². The molecular weight excluding hydrogens is 551 g/mol. The number of anilines is 2. The molecule has 0 radical (unpaired) electrons. The van der Waals surface area contributed by atoms with E-state index >= 15 is 0 Å². The van der Waals surface area contributed by atoms with Gasteiger partial charge in [-0.15, -0.1) is 0 Å². The molecule has 0 bridgehead atoms. The van der Waals surface area contributed by atoms with Gasteiger partial charge >= 0.3 is 6.18 Å². The van der Waals surface area contributed by atoms with E-state index < -0.39 is 11.7 Å². The number of amides is 1. The van der Waals surface area contributed by atoms with Gasteiger partial charge in [0, 0.05) is 69.5 Å². The van der Waals surface area contributed by atoms with Crippen molar-refractivity contribution in [3.05, 3.63) is 76.4 Å². The number of hydrogen-bond donors (Lipinski definition) is 1. The van der Waals surface area contributed by atoms with Gasteiger partial charge in [-0.05, 0) is 42.3 Å². The molecule has 1 aliphatic rings. The third-order valence-corrected chi connectivity index (χ3v) is 7.31. The summed E-state index contributed by atoms with van der Waals surface area (Å²) in [7, 11) is 1.63. The second-order valence-corrected chi connectivity index (χ2v) is 10.3. The van der Waals surface area contributed by atoms with Gasteiger partial charge in [-0.2, -0.15) is 13.2 Å². The number of benzene rings is 2. The lowest BCUT2D eigenvalue weighted by molar-refractivity contribution is -0.137. The number of ether oxygens (including phenoxy) is 1. The van der Waals surface area contributed by atoms with Crippen LogP contribution in [0.2, 0.25) is 5.15 Å². The maximum atomic E-state index is 13.1. The Bertz CT molecular complexity index is 1250. The molecule has 0 spiro atoms. The van der Waals surface area contributed by atoms with Crippen molar-refractivity contribution in [1.82, 2.24) is 15.3 Å². The molecular formula is C27H29ClF3N5O2S. The summed E-state index contributed by atoms with van der Waals surface area (Å²) in [6.45, 7) is 3.43. The zero-order valence-electron chi connectivity index (χ0n) is 21.4. The molecule has 1 amide bonds. The van der Waals surface area contributed by atoms with Crippen LogP contribution in [-0.2, 0) is 16.7 Å². The SMILES string of the molecule is COCCCNC(=O)c1ccc(CSc2nc(Cl)cc(N3CCN(c4cccc(C(F)(F)F)c4)CC3)n2)cc1. The number of halogens is 4. The van der Waals surface area contributed by atoms with Crippen molar-refractivity contribution < 1.29 is 22.7 Å². The predicted molar refractivity (Wildman–Crippen MR) is 148 cm³/mol. The van der Waals surface area contributed by atoms with Crippen LogP contribution >= 0.6 is 23.4 Å². The van der Waals surface area contributed by atoms with Gasteiger partial charge in [0.25, 0.3) is 5.91 Å². The third-order valence-electron chi connectivity index (χ3n) is 6.20. The Balaban J connectivity index is 1.32. The smallest absolute Gasteiger partial charge is 0.385 e. The summed E-state index contributed by atoms with van der Waals surface area (Å²) in [6, 6.07) is 14.5. The lowest BCUT2D eigenvalue weighted by Gasteiger charge is -2.37. The van der Waals surface area contributed by atoms with Crippen molar-refractivity contribution in [3.63, 3.8) is 0 Å². The van der Waals surface area contributed by atoms with Crippen LogP contribution in [0.15, 0.2) is 59.8 Å². The summed E-state index contributed by atoms with van der Waals surface area (Å²) in [6.07, 6.45) is -3.62. The van der Waals surface area contributed by atoms with Gasteiger partial charge < -0.3 is 19.9 Å². The number of piperazine rings is 1. The number of hydrogen-bond acceptors (Lipinski definition) is 7. The van der Waals surface area contributed by atoms with Gasteiger partial charge in [0.2, 0.25) is 0 Å². The second-order valence-electron chi connectivity index (χ2n) is 8.94. The molecule has 2 heterocycles. The summed E-state index contributed by atoms with van der Waals surface area (Å²) >= 11 is 7.73. The van der Waals surface area contributed by atoms with Gasteiger partial charge in [0.15, 0.2) is 5.16 Å². The minimum absolute atomic E-state index is 0.124. The van der Waals surface area contributed by atoms with Crippen LogP contribution in [0.1, 0.15) is 27.9 Å². The first-order valence-electron chi connectivity index (χ1n) is 12.4. The fourth-order valence-corrected chi connectivity index (χ4v) is 5.14. The monoisotopic (exact) mass is 579 g/mol. The maximum Gasteiger partial charge on any atom is 0.416 e. The molecule has 0 saturated carbocycles. The van der Waals surface area contributed by atoms with E-state index in [1.807, 2.05) is 17.0 Å². The second kappa shape index (κ2) is 13.4. The van der Waals surface area contributed by atoms with Crippen LogP contribution in [-0.4, -0.2) is 62.3 Å². The van der Waals surface area contributed by atoms with Crippen LogP contribution < -0.4 is 15.1 Å². The van der Waals surface area contributed by atoms with E-state index in [9.17, 15) is 18.0 Å². The Labute approximate surface area is 234 Å². The highest BCUT2D eigenvalue weighted by Gasteiger charge is 2.31. The summed E-state index contributed by atoms with van der Waals surface area (Å²) in [4.78, 5) is 25.2. The Kier molecular flexibility index (Phi) is 9.93. The molecule has 1 N–H and O–H groups in total. The van der Waals surface area contributed by atoms with Crippen LogP contribution in [0.4, 0.5) is 24.7 Å². The number of alkyl halides is 3. The number of aromatic nitrogens is 2. The summed E-state index contributed by atoms with van der Waals surface area (Å²) in [5, 5.41) is 3.71. The molecule has 0 aliphatic carbocycles. The van der Waals surface area contributed by atoms with Gasteiger partial charge in [0.1, 0.15) is 11.0 Å². The molecule has 1 saturated heterocycles. The quantitative estimate of drug-likeness (QED) is 0.146. The fourth-order valence-electron chi connectivity index (χ4n) is 4.11. The highest BCUT2D eigenvalue weighted by atomic mass is 35.5. The number of carbonyl (C=O) groups is 1. The molecule has 4 rings (SSSR count). The van der Waals surface area contributed by atoms with Crippen LogP contribution in [0.25, 0.3) is 0 Å². The minimum atomic E-state index is -4.37. The first-order valence-corrected chi connectivity index (χ1v) is 13.8. The van der Waals surface area contributed by atoms with Crippen molar-refractivity contribution in [2.24, 2.45) is 0 Å². The van der Waals surface area contributed by atoms with Crippen molar-refractivity contribution in [2.45, 2.75) is 23.5 Å². The first-order chi connectivity index (χ1) is 18.7. The first kappa shape index (κ1) is 29.0. The molecule has 0 atom stereocenters. The van der Waals surface area contributed by atoms with E-state index in [2.05, 4.69) is 20.2 Å². The average molecular weight is 580 g/mol. The molecule has 7 nitrogen and oxygen atoms in total. The molecule has 3 aromatic rings. The minimum Gasteiger partial charge on any atom is -0.385 e. The van der Waals surface area contributed by atoms with E-state index in [0.29, 0.717) is 72.5 Å². The zero-order valence-corrected chi connectivity index (χ0v) is 23.0. The van der Waals surface area contributed by atoms with E-state index in [0.717, 1.165) is 18.1 Å². The molecule has 12 heteroatoms. The topological polar surface area (TPSA) is 70.6 Å². The van der Waals surface area contributed by atoms with Crippen LogP contribution in [0, 0.1) is 0 Å².